The summed E-state index contributed by atoms with van der Waals surface area (Å²) in [5.41, 5.74) is 4.75. The number of H-pyrrole nitrogens is 1. The van der Waals surface area contributed by atoms with Gasteiger partial charge >= 0.3 is 0 Å². The molecule has 182 valence electrons. The molecule has 3 atom stereocenters. The zero-order valence-corrected chi connectivity index (χ0v) is 18.4. The van der Waals surface area contributed by atoms with E-state index in [0.717, 1.165) is 17.4 Å². The van der Waals surface area contributed by atoms with E-state index in [4.69, 9.17) is 10.5 Å². The minimum atomic E-state index is -3.13. The minimum Gasteiger partial charge on any atom is -0.375 e. The van der Waals surface area contributed by atoms with Crippen LogP contribution in [-0.2, 0) is 11.2 Å². The summed E-state index contributed by atoms with van der Waals surface area (Å²) < 4.78 is 73.9. The van der Waals surface area contributed by atoms with Gasteiger partial charge in [-0.1, -0.05) is 0 Å². The van der Waals surface area contributed by atoms with Crippen molar-refractivity contribution in [3.8, 4) is 10.6 Å². The first-order valence-electron chi connectivity index (χ1n) is 10.3. The Morgan fingerprint density at radius 1 is 1.32 bits per heavy atom. The highest BCUT2D eigenvalue weighted by molar-refractivity contribution is 7.13. The monoisotopic (exact) mass is 501 g/mol. The van der Waals surface area contributed by atoms with Crippen LogP contribution >= 0.6 is 11.3 Å². The van der Waals surface area contributed by atoms with Gasteiger partial charge in [-0.15, -0.1) is 11.3 Å². The molecular formula is C21H20F5N5O2S. The van der Waals surface area contributed by atoms with Gasteiger partial charge in [-0.3, -0.25) is 9.89 Å². The summed E-state index contributed by atoms with van der Waals surface area (Å²) in [5.74, 6) is -3.19. The van der Waals surface area contributed by atoms with Crippen LogP contribution in [0.5, 0.6) is 0 Å². The van der Waals surface area contributed by atoms with Gasteiger partial charge in [0, 0.05) is 17.8 Å². The lowest BCUT2D eigenvalue weighted by atomic mass is 10.0. The van der Waals surface area contributed by atoms with E-state index in [1.165, 1.54) is 11.6 Å². The molecule has 1 aliphatic rings. The Balaban J connectivity index is 1.48. The van der Waals surface area contributed by atoms with Gasteiger partial charge in [0.25, 0.3) is 12.3 Å². The number of rotatable bonds is 6. The molecule has 0 unspecified atom stereocenters. The number of nitrogens with one attached hydrogen (secondary N) is 2. The molecule has 13 heteroatoms. The molecule has 7 nitrogen and oxygen atoms in total. The van der Waals surface area contributed by atoms with Crippen molar-refractivity contribution in [2.24, 2.45) is 5.73 Å². The molecule has 0 saturated carbocycles. The van der Waals surface area contributed by atoms with Crippen molar-refractivity contribution in [3.05, 3.63) is 52.3 Å². The normalized spacial score (nSPS) is 21.0. The summed E-state index contributed by atoms with van der Waals surface area (Å²) in [6, 6.07) is 0.799. The highest BCUT2D eigenvalue weighted by Gasteiger charge is 2.27. The molecule has 1 amide bonds. The second-order valence-electron chi connectivity index (χ2n) is 7.80. The number of aromatic amines is 1. The van der Waals surface area contributed by atoms with E-state index in [-0.39, 0.29) is 23.4 Å². The largest absolute Gasteiger partial charge is 0.375 e. The summed E-state index contributed by atoms with van der Waals surface area (Å²) >= 11 is 0.740. The zero-order valence-electron chi connectivity index (χ0n) is 17.5. The zero-order chi connectivity index (χ0) is 24.4. The maximum absolute atomic E-state index is 14.4. The van der Waals surface area contributed by atoms with Gasteiger partial charge < -0.3 is 15.8 Å². The van der Waals surface area contributed by atoms with Crippen LogP contribution in [0.1, 0.15) is 41.0 Å². The third kappa shape index (κ3) is 5.10. The Labute approximate surface area is 194 Å². The summed E-state index contributed by atoms with van der Waals surface area (Å²) in [4.78, 5) is 16.6. The maximum atomic E-state index is 14.4. The molecule has 4 rings (SSSR count). The number of nitrogens with zero attached hydrogens (tertiary/aromatic N) is 2. The molecule has 3 heterocycles. The van der Waals surface area contributed by atoms with Crippen molar-refractivity contribution in [3.63, 3.8) is 0 Å². The number of amides is 1. The predicted molar refractivity (Wildman–Crippen MR) is 115 cm³/mol. The van der Waals surface area contributed by atoms with E-state index >= 15 is 0 Å². The lowest BCUT2D eigenvalue weighted by molar-refractivity contribution is 0.0295. The number of alkyl halides is 3. The smallest absolute Gasteiger partial charge is 0.275 e. The predicted octanol–water partition coefficient (Wildman–Crippen LogP) is 4.39. The molecule has 0 spiro atoms. The number of carbonyl (C=O) groups excluding carboxylic acids is 1. The Morgan fingerprint density at radius 3 is 2.88 bits per heavy atom. The number of carbonyl (C=O) groups is 1. The number of anilines is 1. The topological polar surface area (TPSA) is 106 Å². The van der Waals surface area contributed by atoms with Crippen molar-refractivity contribution >= 4 is 22.9 Å². The Morgan fingerprint density at radius 2 is 2.12 bits per heavy atom. The number of thiazole rings is 1. The van der Waals surface area contributed by atoms with E-state index in [0.29, 0.717) is 36.7 Å². The second kappa shape index (κ2) is 10.2. The summed E-state index contributed by atoms with van der Waals surface area (Å²) in [6.45, 7) is -0.122. The fraction of sp³-hybridized carbons (Fsp3) is 0.381. The quantitative estimate of drug-likeness (QED) is 0.435. The fourth-order valence-corrected chi connectivity index (χ4v) is 4.41. The Bertz CT molecular complexity index is 1160. The molecule has 0 radical (unpaired) electrons. The number of nitrogens with two attached hydrogens (primary N) is 1. The van der Waals surface area contributed by atoms with E-state index in [2.05, 4.69) is 20.5 Å². The van der Waals surface area contributed by atoms with Crippen molar-refractivity contribution in [2.75, 3.05) is 11.9 Å². The van der Waals surface area contributed by atoms with Crippen LogP contribution in [0.2, 0.25) is 0 Å². The third-order valence-corrected chi connectivity index (χ3v) is 6.34. The molecule has 1 aromatic carbocycles. The van der Waals surface area contributed by atoms with Crippen LogP contribution in [0.4, 0.5) is 27.6 Å². The number of aromatic nitrogens is 3. The summed E-state index contributed by atoms with van der Waals surface area (Å²) in [7, 11) is 0. The SMILES string of the molecule is N[C@@H]1CC[C@@H](Cc2[nH]ncc2NC(=O)c2csc(-c3c(F)ccc(C(F)F)c3F)n2)OC[C@H]1F. The first kappa shape index (κ1) is 24.2. The number of hydrogen-bond acceptors (Lipinski definition) is 6. The average molecular weight is 501 g/mol. The standard InChI is InChI=1S/C21H20F5N5O2S/c22-11-3-2-10(19(25)26)18(24)17(11)21-30-16(8-34-21)20(32)29-15-6-28-31-14(15)5-9-1-4-13(27)12(23)7-33-9/h2-3,6,8-9,12-13,19H,1,4-5,7,27H2,(H,28,31)(H,29,32)/t9-,12+,13+/m0/s1. The number of halogens is 5. The lowest BCUT2D eigenvalue weighted by Gasteiger charge is -2.15. The third-order valence-electron chi connectivity index (χ3n) is 5.48. The van der Waals surface area contributed by atoms with Crippen LogP contribution in [-0.4, -0.2) is 46.0 Å². The van der Waals surface area contributed by atoms with Gasteiger partial charge in [-0.05, 0) is 25.0 Å². The molecule has 3 aromatic rings. The molecule has 0 bridgehead atoms. The maximum Gasteiger partial charge on any atom is 0.275 e. The first-order valence-corrected chi connectivity index (χ1v) is 11.2. The van der Waals surface area contributed by atoms with E-state index in [1.807, 2.05) is 0 Å². The van der Waals surface area contributed by atoms with Gasteiger partial charge in [0.05, 0.1) is 41.4 Å². The second-order valence-corrected chi connectivity index (χ2v) is 8.66. The van der Waals surface area contributed by atoms with Crippen molar-refractivity contribution in [1.82, 2.24) is 15.2 Å². The summed E-state index contributed by atoms with van der Waals surface area (Å²) in [6.07, 6.45) is -2.06. The van der Waals surface area contributed by atoms with Gasteiger partial charge in [0.15, 0.2) is 0 Å². The molecular weight excluding hydrogens is 481 g/mol. The molecule has 1 saturated heterocycles. The Kier molecular flexibility index (Phi) is 7.24. The fourth-order valence-electron chi connectivity index (χ4n) is 3.57. The number of ether oxygens (including phenoxy) is 1. The van der Waals surface area contributed by atoms with Crippen molar-refractivity contribution in [1.29, 1.82) is 0 Å². The summed E-state index contributed by atoms with van der Waals surface area (Å²) in [5, 5.41) is 10.3. The lowest BCUT2D eigenvalue weighted by Crippen LogP contribution is -2.32. The van der Waals surface area contributed by atoms with Gasteiger partial charge in [0.1, 0.15) is 28.5 Å². The molecule has 4 N–H and O–H groups in total. The molecule has 2 aromatic heterocycles. The van der Waals surface area contributed by atoms with E-state index in [9.17, 15) is 26.7 Å². The van der Waals surface area contributed by atoms with Crippen molar-refractivity contribution in [2.45, 2.75) is 44.0 Å². The highest BCUT2D eigenvalue weighted by atomic mass is 32.1. The van der Waals surface area contributed by atoms with Crippen LogP contribution in [0.15, 0.2) is 23.7 Å². The number of benzene rings is 1. The van der Waals surface area contributed by atoms with Crippen LogP contribution < -0.4 is 11.1 Å². The first-order chi connectivity index (χ1) is 16.2. The Hall–Kier alpha value is -2.90. The van der Waals surface area contributed by atoms with Crippen molar-refractivity contribution < 1.29 is 31.5 Å². The van der Waals surface area contributed by atoms with Crippen LogP contribution in [0.25, 0.3) is 10.6 Å². The van der Waals surface area contributed by atoms with E-state index < -0.39 is 47.3 Å². The molecule has 1 fully saturated rings. The average Bonchev–Trinajstić information content (AvgIpc) is 3.41. The number of hydrogen-bond donors (Lipinski definition) is 3. The van der Waals surface area contributed by atoms with Crippen LogP contribution in [0.3, 0.4) is 0 Å². The van der Waals surface area contributed by atoms with Gasteiger partial charge in [-0.2, -0.15) is 5.10 Å². The molecule has 1 aliphatic heterocycles. The van der Waals surface area contributed by atoms with Crippen LogP contribution in [0, 0.1) is 11.6 Å². The molecule has 0 aliphatic carbocycles. The minimum absolute atomic E-state index is 0.122. The van der Waals surface area contributed by atoms with Gasteiger partial charge in [0.2, 0.25) is 0 Å². The molecule has 34 heavy (non-hydrogen) atoms. The van der Waals surface area contributed by atoms with Gasteiger partial charge in [-0.25, -0.2) is 26.9 Å². The highest BCUT2D eigenvalue weighted by Crippen LogP contribution is 2.34. The van der Waals surface area contributed by atoms with E-state index in [1.54, 1.807) is 0 Å².